The maximum atomic E-state index is 9.19. The lowest BCUT2D eigenvalue weighted by atomic mass is 9.85. The van der Waals surface area contributed by atoms with Crippen LogP contribution in [0.1, 0.15) is 36.9 Å². The van der Waals surface area contributed by atoms with Gasteiger partial charge < -0.3 is 14.0 Å². The SMILES string of the molecule is C[C@H]1/C(=N/O)C[C@@H](c2ccco2)N[C@H]1c1ccco1. The third-order valence-electron chi connectivity index (χ3n) is 3.68. The van der Waals surface area contributed by atoms with Crippen LogP contribution in [0, 0.1) is 5.92 Å². The molecule has 0 spiro atoms. The third-order valence-corrected chi connectivity index (χ3v) is 3.68. The number of furan rings is 2. The highest BCUT2D eigenvalue weighted by Crippen LogP contribution is 2.35. The van der Waals surface area contributed by atoms with Crippen LogP contribution in [-0.4, -0.2) is 10.9 Å². The minimum atomic E-state index is -0.0234. The fourth-order valence-electron chi connectivity index (χ4n) is 2.61. The summed E-state index contributed by atoms with van der Waals surface area (Å²) >= 11 is 0. The largest absolute Gasteiger partial charge is 0.468 e. The molecule has 0 amide bonds. The van der Waals surface area contributed by atoms with E-state index >= 15 is 0 Å². The van der Waals surface area contributed by atoms with Crippen molar-refractivity contribution in [3.8, 4) is 0 Å². The van der Waals surface area contributed by atoms with Crippen LogP contribution in [-0.2, 0) is 0 Å². The highest BCUT2D eigenvalue weighted by molar-refractivity contribution is 5.88. The van der Waals surface area contributed by atoms with Gasteiger partial charge in [0.15, 0.2) is 0 Å². The maximum absolute atomic E-state index is 9.19. The Balaban J connectivity index is 1.91. The molecular formula is C14H16N2O3. The van der Waals surface area contributed by atoms with Crippen molar-refractivity contribution in [2.75, 3.05) is 0 Å². The van der Waals surface area contributed by atoms with Gasteiger partial charge in [-0.2, -0.15) is 0 Å². The van der Waals surface area contributed by atoms with Gasteiger partial charge in [-0.25, -0.2) is 0 Å². The van der Waals surface area contributed by atoms with Gasteiger partial charge >= 0.3 is 0 Å². The Labute approximate surface area is 110 Å². The van der Waals surface area contributed by atoms with E-state index in [9.17, 15) is 5.21 Å². The zero-order chi connectivity index (χ0) is 13.2. The lowest BCUT2D eigenvalue weighted by molar-refractivity contribution is 0.267. The second-order valence-electron chi connectivity index (χ2n) is 4.81. The first kappa shape index (κ1) is 12.0. The summed E-state index contributed by atoms with van der Waals surface area (Å²) in [5.74, 6) is 1.75. The van der Waals surface area contributed by atoms with Crippen molar-refractivity contribution in [1.29, 1.82) is 0 Å². The van der Waals surface area contributed by atoms with Crippen LogP contribution in [0.15, 0.2) is 50.8 Å². The number of nitrogens with one attached hydrogen (secondary N) is 1. The standard InChI is InChI=1S/C14H16N2O3/c1-9-10(16-17)8-11(12-4-2-6-18-12)15-14(9)13-5-3-7-19-13/h2-7,9,11,14-15,17H,8H2,1H3/b16-10+/t9-,11-,14+/m0/s1. The van der Waals surface area contributed by atoms with E-state index < -0.39 is 0 Å². The predicted octanol–water partition coefficient (Wildman–Crippen LogP) is 3.11. The van der Waals surface area contributed by atoms with Gasteiger partial charge in [-0.05, 0) is 24.3 Å². The normalized spacial score (nSPS) is 29.7. The van der Waals surface area contributed by atoms with Gasteiger partial charge in [-0.3, -0.25) is 5.32 Å². The summed E-state index contributed by atoms with van der Waals surface area (Å²) in [4.78, 5) is 0. The highest BCUT2D eigenvalue weighted by Gasteiger charge is 2.36. The molecular weight excluding hydrogens is 244 g/mol. The fourth-order valence-corrected chi connectivity index (χ4v) is 2.61. The number of rotatable bonds is 2. The maximum Gasteiger partial charge on any atom is 0.121 e. The molecule has 0 bridgehead atoms. The first-order chi connectivity index (χ1) is 9.29. The Morgan fingerprint density at radius 1 is 1.21 bits per heavy atom. The summed E-state index contributed by atoms with van der Waals surface area (Å²) in [5, 5.41) is 16.1. The van der Waals surface area contributed by atoms with Crippen molar-refractivity contribution in [2.24, 2.45) is 11.1 Å². The van der Waals surface area contributed by atoms with Crippen LogP contribution in [0.5, 0.6) is 0 Å². The quantitative estimate of drug-likeness (QED) is 0.643. The molecule has 1 fully saturated rings. The van der Waals surface area contributed by atoms with E-state index in [-0.39, 0.29) is 18.0 Å². The summed E-state index contributed by atoms with van der Waals surface area (Å²) in [6.07, 6.45) is 3.92. The van der Waals surface area contributed by atoms with Crippen molar-refractivity contribution in [1.82, 2.24) is 5.32 Å². The molecule has 3 heterocycles. The molecule has 2 N–H and O–H groups in total. The molecule has 1 saturated heterocycles. The molecule has 2 aromatic rings. The molecule has 3 rings (SSSR count). The predicted molar refractivity (Wildman–Crippen MR) is 69.0 cm³/mol. The van der Waals surface area contributed by atoms with Gasteiger partial charge in [0.05, 0.1) is 30.3 Å². The zero-order valence-corrected chi connectivity index (χ0v) is 10.6. The summed E-state index contributed by atoms with van der Waals surface area (Å²) in [6, 6.07) is 7.52. The fraction of sp³-hybridized carbons (Fsp3) is 0.357. The number of nitrogens with zero attached hydrogens (tertiary/aromatic N) is 1. The van der Waals surface area contributed by atoms with Crippen molar-refractivity contribution in [2.45, 2.75) is 25.4 Å². The number of hydrogen-bond acceptors (Lipinski definition) is 5. The van der Waals surface area contributed by atoms with E-state index in [0.717, 1.165) is 17.2 Å². The lowest BCUT2D eigenvalue weighted by Crippen LogP contribution is -2.41. The minimum absolute atomic E-state index is 0.00722. The number of oxime groups is 1. The van der Waals surface area contributed by atoms with Crippen LogP contribution in [0.4, 0.5) is 0 Å². The van der Waals surface area contributed by atoms with Gasteiger partial charge in [0.1, 0.15) is 11.5 Å². The van der Waals surface area contributed by atoms with E-state index in [2.05, 4.69) is 10.5 Å². The van der Waals surface area contributed by atoms with Crippen LogP contribution in [0.3, 0.4) is 0 Å². The number of hydrogen-bond donors (Lipinski definition) is 2. The average molecular weight is 260 g/mol. The molecule has 19 heavy (non-hydrogen) atoms. The Bertz CT molecular complexity index is 545. The average Bonchev–Trinajstić information content (AvgIpc) is 3.12. The second kappa shape index (κ2) is 4.93. The van der Waals surface area contributed by atoms with Crippen molar-refractivity contribution in [3.05, 3.63) is 48.3 Å². The molecule has 1 aliphatic rings. The highest BCUT2D eigenvalue weighted by atomic mass is 16.4. The van der Waals surface area contributed by atoms with Crippen molar-refractivity contribution in [3.63, 3.8) is 0 Å². The molecule has 0 unspecified atom stereocenters. The number of piperidine rings is 1. The molecule has 0 radical (unpaired) electrons. The lowest BCUT2D eigenvalue weighted by Gasteiger charge is -2.34. The topological polar surface area (TPSA) is 70.9 Å². The molecule has 3 atom stereocenters. The molecule has 5 heteroatoms. The van der Waals surface area contributed by atoms with Crippen molar-refractivity contribution >= 4 is 5.71 Å². The Morgan fingerprint density at radius 3 is 2.47 bits per heavy atom. The van der Waals surface area contributed by atoms with Gasteiger partial charge in [-0.1, -0.05) is 12.1 Å². The van der Waals surface area contributed by atoms with E-state index in [1.165, 1.54) is 0 Å². The van der Waals surface area contributed by atoms with Crippen LogP contribution >= 0.6 is 0 Å². The smallest absolute Gasteiger partial charge is 0.121 e. The molecule has 1 aliphatic heterocycles. The third kappa shape index (κ3) is 2.17. The van der Waals surface area contributed by atoms with Gasteiger partial charge in [0, 0.05) is 12.3 Å². The van der Waals surface area contributed by atoms with E-state index in [1.807, 2.05) is 31.2 Å². The summed E-state index contributed by atoms with van der Waals surface area (Å²) in [6.45, 7) is 2.02. The Morgan fingerprint density at radius 2 is 1.89 bits per heavy atom. The summed E-state index contributed by atoms with van der Waals surface area (Å²) in [5.41, 5.74) is 0.751. The first-order valence-corrected chi connectivity index (χ1v) is 6.33. The Kier molecular flexibility index (Phi) is 3.13. The second-order valence-corrected chi connectivity index (χ2v) is 4.81. The molecule has 100 valence electrons. The van der Waals surface area contributed by atoms with E-state index in [1.54, 1.807) is 12.5 Å². The molecule has 5 nitrogen and oxygen atoms in total. The van der Waals surface area contributed by atoms with Crippen LogP contribution in [0.2, 0.25) is 0 Å². The molecule has 2 aromatic heterocycles. The van der Waals surface area contributed by atoms with Crippen LogP contribution in [0.25, 0.3) is 0 Å². The summed E-state index contributed by atoms with van der Waals surface area (Å²) in [7, 11) is 0. The molecule has 0 aliphatic carbocycles. The summed E-state index contributed by atoms with van der Waals surface area (Å²) < 4.78 is 10.9. The monoisotopic (exact) mass is 260 g/mol. The molecule has 0 saturated carbocycles. The van der Waals surface area contributed by atoms with Crippen LogP contribution < -0.4 is 5.32 Å². The first-order valence-electron chi connectivity index (χ1n) is 6.33. The van der Waals surface area contributed by atoms with E-state index in [0.29, 0.717) is 6.42 Å². The van der Waals surface area contributed by atoms with Gasteiger partial charge in [-0.15, -0.1) is 0 Å². The van der Waals surface area contributed by atoms with Gasteiger partial charge in [0.25, 0.3) is 0 Å². The zero-order valence-electron chi connectivity index (χ0n) is 10.6. The Hall–Kier alpha value is -2.01. The van der Waals surface area contributed by atoms with Gasteiger partial charge in [0.2, 0.25) is 0 Å². The minimum Gasteiger partial charge on any atom is -0.468 e. The van der Waals surface area contributed by atoms with E-state index in [4.69, 9.17) is 8.83 Å². The van der Waals surface area contributed by atoms with Crippen molar-refractivity contribution < 1.29 is 14.0 Å². The molecule has 0 aromatic carbocycles.